The van der Waals surface area contributed by atoms with Crippen LogP contribution in [0.2, 0.25) is 0 Å². The second-order valence-electron chi connectivity index (χ2n) is 8.26. The highest BCUT2D eigenvalue weighted by atomic mass is 16.5. The largest absolute Gasteiger partial charge is 0.491 e. The number of carbonyl (C=O) groups is 3. The van der Waals surface area contributed by atoms with Crippen LogP contribution < -0.4 is 10.1 Å². The normalized spacial score (nSPS) is 20.6. The Hall–Kier alpha value is -3.88. The van der Waals surface area contributed by atoms with E-state index in [1.165, 1.54) is 5.01 Å². The third kappa shape index (κ3) is 4.67. The van der Waals surface area contributed by atoms with Crippen LogP contribution in [0.3, 0.4) is 0 Å². The number of amides is 3. The quantitative estimate of drug-likeness (QED) is 0.670. The molecule has 1 saturated heterocycles. The molecule has 0 bridgehead atoms. The van der Waals surface area contributed by atoms with Crippen LogP contribution in [-0.4, -0.2) is 71.4 Å². The fourth-order valence-electron chi connectivity index (χ4n) is 4.46. The average molecular weight is 450 g/mol. The number of likely N-dealkylation sites (tertiary alicyclic amines) is 1. The smallest absolute Gasteiger partial charge is 0.405 e. The van der Waals surface area contributed by atoms with E-state index in [0.29, 0.717) is 25.1 Å². The second-order valence-corrected chi connectivity index (χ2v) is 8.26. The maximum Gasteiger partial charge on any atom is 0.405 e. The van der Waals surface area contributed by atoms with Crippen LogP contribution in [-0.2, 0) is 16.0 Å². The predicted molar refractivity (Wildman–Crippen MR) is 121 cm³/mol. The number of ether oxygens (including phenoxy) is 1. The van der Waals surface area contributed by atoms with Crippen molar-refractivity contribution in [1.29, 1.82) is 0 Å². The minimum Gasteiger partial charge on any atom is -0.491 e. The molecule has 2 heterocycles. The first-order chi connectivity index (χ1) is 15.9. The third-order valence-electron chi connectivity index (χ3n) is 6.02. The van der Waals surface area contributed by atoms with Crippen molar-refractivity contribution in [1.82, 2.24) is 15.2 Å². The fourth-order valence-corrected chi connectivity index (χ4v) is 4.46. The average Bonchev–Trinajstić information content (AvgIpc) is 3.06. The van der Waals surface area contributed by atoms with Crippen molar-refractivity contribution in [3.05, 3.63) is 66.2 Å². The lowest BCUT2D eigenvalue weighted by Crippen LogP contribution is -2.59. The molecule has 2 N–H and O–H groups in total. The first-order valence-corrected chi connectivity index (χ1v) is 10.8. The summed E-state index contributed by atoms with van der Waals surface area (Å²) in [6.45, 7) is 0.316. The van der Waals surface area contributed by atoms with Crippen LogP contribution in [0.15, 0.2) is 65.8 Å². The Morgan fingerprint density at radius 2 is 1.82 bits per heavy atom. The van der Waals surface area contributed by atoms with E-state index in [0.717, 1.165) is 11.3 Å². The van der Waals surface area contributed by atoms with E-state index in [1.54, 1.807) is 36.2 Å². The molecule has 9 nitrogen and oxygen atoms in total. The number of fused-ring (bicyclic) bond motifs is 1. The Bertz CT molecular complexity index is 1060. The number of carbonyl (C=O) groups excluding carboxylic acids is 2. The van der Waals surface area contributed by atoms with Crippen LogP contribution in [0.5, 0.6) is 5.75 Å². The highest BCUT2D eigenvalue weighted by Crippen LogP contribution is 2.38. The van der Waals surface area contributed by atoms with Gasteiger partial charge in [-0.2, -0.15) is 5.10 Å². The molecule has 0 saturated carbocycles. The molecule has 2 aliphatic rings. The van der Waals surface area contributed by atoms with E-state index >= 15 is 0 Å². The molecule has 4 rings (SSSR count). The van der Waals surface area contributed by atoms with Crippen molar-refractivity contribution in [2.75, 3.05) is 26.7 Å². The predicted octanol–water partition coefficient (Wildman–Crippen LogP) is 1.99. The van der Waals surface area contributed by atoms with Gasteiger partial charge in [0, 0.05) is 26.6 Å². The molecular formula is C24H26N4O5. The van der Waals surface area contributed by atoms with E-state index in [4.69, 9.17) is 4.74 Å². The number of nitrogens with one attached hydrogen (secondary N) is 1. The number of benzene rings is 2. The monoisotopic (exact) mass is 450 g/mol. The summed E-state index contributed by atoms with van der Waals surface area (Å²) >= 11 is 0. The fraction of sp³-hybridized carbons (Fsp3) is 0.333. The van der Waals surface area contributed by atoms with E-state index in [9.17, 15) is 19.5 Å². The minimum absolute atomic E-state index is 0.131. The molecule has 1 fully saturated rings. The molecule has 2 aliphatic heterocycles. The van der Waals surface area contributed by atoms with Crippen LogP contribution >= 0.6 is 0 Å². The molecule has 0 aliphatic carbocycles. The number of hydrazone groups is 1. The van der Waals surface area contributed by atoms with Crippen molar-refractivity contribution in [3.8, 4) is 5.75 Å². The van der Waals surface area contributed by atoms with Gasteiger partial charge in [0.25, 0.3) is 5.91 Å². The van der Waals surface area contributed by atoms with Gasteiger partial charge in [-0.05, 0) is 24.1 Å². The lowest BCUT2D eigenvalue weighted by Gasteiger charge is -2.40. The molecule has 0 aromatic heterocycles. The number of rotatable bonds is 7. The van der Waals surface area contributed by atoms with Gasteiger partial charge >= 0.3 is 6.09 Å². The number of piperidine rings is 1. The Kier molecular flexibility index (Phi) is 6.30. The number of hydrogen-bond acceptors (Lipinski definition) is 5. The number of carboxylic acid groups (broad SMARTS) is 1. The SMILES string of the molecule is CN1N=C2CCN(C(=O)C(COc3ccccc3)NC(=O)O)CC2(Cc2ccccc2)C1=O. The van der Waals surface area contributed by atoms with E-state index < -0.39 is 23.5 Å². The second kappa shape index (κ2) is 9.32. The van der Waals surface area contributed by atoms with Gasteiger partial charge in [0.05, 0.1) is 5.71 Å². The molecule has 0 radical (unpaired) electrons. The molecule has 3 amide bonds. The molecule has 2 atom stereocenters. The lowest BCUT2D eigenvalue weighted by molar-refractivity contribution is -0.141. The lowest BCUT2D eigenvalue weighted by atomic mass is 9.73. The van der Waals surface area contributed by atoms with E-state index in [2.05, 4.69) is 10.4 Å². The van der Waals surface area contributed by atoms with Gasteiger partial charge in [-0.15, -0.1) is 0 Å². The maximum absolute atomic E-state index is 13.4. The summed E-state index contributed by atoms with van der Waals surface area (Å²) in [4.78, 5) is 39.5. The molecule has 2 aromatic carbocycles. The minimum atomic E-state index is -1.32. The highest BCUT2D eigenvalue weighted by Gasteiger charge is 2.53. The van der Waals surface area contributed by atoms with Crippen molar-refractivity contribution in [2.24, 2.45) is 10.5 Å². The van der Waals surface area contributed by atoms with Crippen molar-refractivity contribution < 1.29 is 24.2 Å². The van der Waals surface area contributed by atoms with E-state index in [-0.39, 0.29) is 19.1 Å². The topological polar surface area (TPSA) is 112 Å². The molecule has 9 heteroatoms. The summed E-state index contributed by atoms with van der Waals surface area (Å²) in [6.07, 6.45) is -0.467. The molecule has 2 aromatic rings. The van der Waals surface area contributed by atoms with Crippen LogP contribution in [0.1, 0.15) is 12.0 Å². The van der Waals surface area contributed by atoms with Gasteiger partial charge in [0.2, 0.25) is 5.91 Å². The molecular weight excluding hydrogens is 424 g/mol. The number of para-hydroxylation sites is 1. The van der Waals surface area contributed by atoms with Gasteiger partial charge in [-0.1, -0.05) is 48.5 Å². The number of nitrogens with zero attached hydrogens (tertiary/aromatic N) is 3. The van der Waals surface area contributed by atoms with Crippen LogP contribution in [0.4, 0.5) is 4.79 Å². The van der Waals surface area contributed by atoms with Gasteiger partial charge in [-0.25, -0.2) is 9.80 Å². The third-order valence-corrected chi connectivity index (χ3v) is 6.02. The van der Waals surface area contributed by atoms with Crippen molar-refractivity contribution in [2.45, 2.75) is 18.9 Å². The maximum atomic E-state index is 13.4. The van der Waals surface area contributed by atoms with Gasteiger partial charge in [0.1, 0.15) is 23.8 Å². The molecule has 33 heavy (non-hydrogen) atoms. The summed E-state index contributed by atoms with van der Waals surface area (Å²) in [6, 6.07) is 17.4. The molecule has 172 valence electrons. The summed E-state index contributed by atoms with van der Waals surface area (Å²) in [5, 5.41) is 17.3. The van der Waals surface area contributed by atoms with Gasteiger partial charge in [-0.3, -0.25) is 9.59 Å². The summed E-state index contributed by atoms with van der Waals surface area (Å²) in [5.41, 5.74) is 0.764. The summed E-state index contributed by atoms with van der Waals surface area (Å²) in [7, 11) is 1.62. The molecule has 0 spiro atoms. The van der Waals surface area contributed by atoms with Crippen molar-refractivity contribution >= 4 is 23.6 Å². The van der Waals surface area contributed by atoms with Gasteiger partial charge < -0.3 is 20.1 Å². The first-order valence-electron chi connectivity index (χ1n) is 10.8. The molecule has 2 unspecified atom stereocenters. The number of hydrogen-bond donors (Lipinski definition) is 2. The summed E-state index contributed by atoms with van der Waals surface area (Å²) in [5.74, 6) is -0.0620. The van der Waals surface area contributed by atoms with Crippen LogP contribution in [0.25, 0.3) is 0 Å². The Balaban J connectivity index is 1.55. The summed E-state index contributed by atoms with van der Waals surface area (Å²) < 4.78 is 5.65. The zero-order valence-electron chi connectivity index (χ0n) is 18.3. The zero-order valence-corrected chi connectivity index (χ0v) is 18.3. The standard InChI is InChI=1S/C24H26N4O5/c1-27-22(30)24(14-17-8-4-2-5-9-17)16-28(13-12-20(24)26-27)21(29)19(25-23(31)32)15-33-18-10-6-3-7-11-18/h2-11,19,25H,12-16H2,1H3,(H,31,32). The van der Waals surface area contributed by atoms with Gasteiger partial charge in [0.15, 0.2) is 0 Å². The highest BCUT2D eigenvalue weighted by molar-refractivity contribution is 6.13. The zero-order chi connectivity index (χ0) is 23.4. The Labute approximate surface area is 191 Å². The van der Waals surface area contributed by atoms with Crippen molar-refractivity contribution in [3.63, 3.8) is 0 Å². The Morgan fingerprint density at radius 3 is 2.48 bits per heavy atom. The Morgan fingerprint density at radius 1 is 1.15 bits per heavy atom. The first kappa shape index (κ1) is 22.3. The van der Waals surface area contributed by atoms with E-state index in [1.807, 2.05) is 36.4 Å². The van der Waals surface area contributed by atoms with Crippen LogP contribution in [0, 0.1) is 5.41 Å².